The molecule has 0 bridgehead atoms. The normalized spacial score (nSPS) is 21.9. The smallest absolute Gasteiger partial charge is 0.249 e. The molecule has 330 valence electrons. The predicted octanol–water partition coefficient (Wildman–Crippen LogP) is 8.47. The molecule has 56 heavy (non-hydrogen) atoms. The Morgan fingerprint density at radius 1 is 0.607 bits per heavy atom. The summed E-state index contributed by atoms with van der Waals surface area (Å²) >= 11 is 0. The molecule has 10 heteroatoms. The van der Waals surface area contributed by atoms with Crippen LogP contribution in [0.3, 0.4) is 0 Å². The topological polar surface area (TPSA) is 169 Å². The highest BCUT2D eigenvalue weighted by Crippen LogP contribution is 2.23. The molecule has 1 heterocycles. The minimum Gasteiger partial charge on any atom is -0.394 e. The number of amides is 1. The largest absolute Gasteiger partial charge is 0.394 e. The molecule has 10 nitrogen and oxygen atoms in total. The molecule has 0 aliphatic carbocycles. The minimum absolute atomic E-state index is 0.307. The number of hydrogen-bond donors (Lipinski definition) is 7. The molecule has 1 amide bonds. The van der Waals surface area contributed by atoms with E-state index in [4.69, 9.17) is 9.47 Å². The first-order chi connectivity index (χ1) is 27.3. The van der Waals surface area contributed by atoms with Gasteiger partial charge in [0.25, 0.3) is 0 Å². The third-order valence-corrected chi connectivity index (χ3v) is 11.1. The van der Waals surface area contributed by atoms with Gasteiger partial charge < -0.3 is 45.4 Å². The Morgan fingerprint density at radius 2 is 1.05 bits per heavy atom. The lowest BCUT2D eigenvalue weighted by molar-refractivity contribution is -0.302. The molecule has 8 unspecified atom stereocenters. The van der Waals surface area contributed by atoms with Crippen LogP contribution >= 0.6 is 0 Å². The van der Waals surface area contributed by atoms with E-state index in [0.29, 0.717) is 19.3 Å². The van der Waals surface area contributed by atoms with E-state index in [0.717, 1.165) is 32.1 Å². The van der Waals surface area contributed by atoms with Crippen molar-refractivity contribution >= 4 is 5.91 Å². The second-order valence-corrected chi connectivity index (χ2v) is 16.3. The van der Waals surface area contributed by atoms with Crippen LogP contribution in [-0.2, 0) is 14.3 Å². The number of aliphatic hydroxyl groups excluding tert-OH is 6. The van der Waals surface area contributed by atoms with Crippen molar-refractivity contribution in [1.29, 1.82) is 0 Å². The number of allylic oxidation sites excluding steroid dienone is 3. The number of hydrogen-bond acceptors (Lipinski definition) is 9. The number of ether oxygens (including phenoxy) is 2. The zero-order valence-corrected chi connectivity index (χ0v) is 35.8. The zero-order chi connectivity index (χ0) is 41.1. The Morgan fingerprint density at radius 3 is 1.55 bits per heavy atom. The third kappa shape index (κ3) is 26.6. The standard InChI is InChI=1S/C46H87NO9/c1-3-5-7-9-11-13-15-17-19-20-21-23-24-26-28-30-32-34-39(49)38(37-55-46-44(53)43(52)42(51)41(36-48)56-46)47-45(54)40(50)35-33-31-29-27-25-22-18-16-14-12-10-8-6-4-2/h24,26,32,34,38-44,46,48-53H,3-23,25,27-31,33,35-37H2,1-2H3,(H,47,54)/b26-24+,34-32+. The first-order valence-electron chi connectivity index (χ1n) is 23.2. The molecule has 0 saturated carbocycles. The molecular weight excluding hydrogens is 711 g/mol. The molecule has 1 rings (SSSR count). The summed E-state index contributed by atoms with van der Waals surface area (Å²) in [5, 5.41) is 64.6. The lowest BCUT2D eigenvalue weighted by atomic mass is 9.99. The van der Waals surface area contributed by atoms with Gasteiger partial charge in [-0.2, -0.15) is 0 Å². The van der Waals surface area contributed by atoms with Gasteiger partial charge in [-0.25, -0.2) is 0 Å². The van der Waals surface area contributed by atoms with Crippen LogP contribution in [0.1, 0.15) is 200 Å². The molecule has 0 aromatic heterocycles. The lowest BCUT2D eigenvalue weighted by Crippen LogP contribution is -2.60. The van der Waals surface area contributed by atoms with Gasteiger partial charge in [-0.05, 0) is 32.1 Å². The molecule has 0 aromatic carbocycles. The van der Waals surface area contributed by atoms with E-state index in [-0.39, 0.29) is 6.61 Å². The average Bonchev–Trinajstić information content (AvgIpc) is 3.20. The molecule has 0 aromatic rings. The van der Waals surface area contributed by atoms with Gasteiger partial charge in [0.05, 0.1) is 25.4 Å². The van der Waals surface area contributed by atoms with Gasteiger partial charge >= 0.3 is 0 Å². The maximum Gasteiger partial charge on any atom is 0.249 e. The average molecular weight is 798 g/mol. The minimum atomic E-state index is -1.61. The number of unbranched alkanes of at least 4 members (excludes halogenated alkanes) is 25. The summed E-state index contributed by atoms with van der Waals surface area (Å²) in [6.07, 6.45) is 32.6. The van der Waals surface area contributed by atoms with E-state index < -0.39 is 61.5 Å². The van der Waals surface area contributed by atoms with Crippen molar-refractivity contribution in [2.75, 3.05) is 13.2 Å². The molecule has 0 radical (unpaired) electrons. The van der Waals surface area contributed by atoms with Crippen molar-refractivity contribution in [1.82, 2.24) is 5.32 Å². The fraction of sp³-hybridized carbons (Fsp3) is 0.891. The van der Waals surface area contributed by atoms with Crippen molar-refractivity contribution in [3.8, 4) is 0 Å². The van der Waals surface area contributed by atoms with E-state index in [1.165, 1.54) is 135 Å². The molecule has 0 spiro atoms. The van der Waals surface area contributed by atoms with Crippen molar-refractivity contribution in [3.05, 3.63) is 24.3 Å². The first kappa shape index (κ1) is 52.6. The summed E-state index contributed by atoms with van der Waals surface area (Å²) in [4.78, 5) is 13.0. The van der Waals surface area contributed by atoms with E-state index in [1.807, 2.05) is 6.08 Å². The quantitative estimate of drug-likeness (QED) is 0.0239. The Kier molecular flexibility index (Phi) is 34.5. The van der Waals surface area contributed by atoms with Gasteiger partial charge in [-0.3, -0.25) is 4.79 Å². The van der Waals surface area contributed by atoms with Crippen LogP contribution in [0.25, 0.3) is 0 Å². The SMILES string of the molecule is CCCCCCCCCCCCC/C=C/CC/C=C/C(O)C(COC1OC(CO)C(O)C(O)C1O)NC(=O)C(O)CCCCCCCCCCCCCCCC. The monoisotopic (exact) mass is 798 g/mol. The van der Waals surface area contributed by atoms with Crippen molar-refractivity contribution in [3.63, 3.8) is 0 Å². The molecule has 7 N–H and O–H groups in total. The summed E-state index contributed by atoms with van der Waals surface area (Å²) in [6, 6.07) is -0.992. The molecule has 1 aliphatic heterocycles. The Balaban J connectivity index is 2.45. The molecule has 8 atom stereocenters. The fourth-order valence-corrected chi connectivity index (χ4v) is 7.30. The van der Waals surface area contributed by atoms with Gasteiger partial charge in [-0.1, -0.05) is 192 Å². The summed E-state index contributed by atoms with van der Waals surface area (Å²) in [7, 11) is 0. The Labute approximate surface area is 341 Å². The van der Waals surface area contributed by atoms with Gasteiger partial charge in [0.15, 0.2) is 6.29 Å². The Hall–Kier alpha value is -1.37. The summed E-state index contributed by atoms with van der Waals surface area (Å²) in [5.74, 6) is -0.625. The maximum atomic E-state index is 13.0. The van der Waals surface area contributed by atoms with Crippen LogP contribution in [-0.4, -0.2) is 98.7 Å². The highest BCUT2D eigenvalue weighted by atomic mass is 16.7. The lowest BCUT2D eigenvalue weighted by Gasteiger charge is -2.40. The number of aliphatic hydroxyl groups is 6. The molecular formula is C46H87NO9. The van der Waals surface area contributed by atoms with E-state index in [1.54, 1.807) is 6.08 Å². The fourth-order valence-electron chi connectivity index (χ4n) is 7.30. The molecule has 1 aliphatic rings. The summed E-state index contributed by atoms with van der Waals surface area (Å²) in [6.45, 7) is 3.59. The first-order valence-corrected chi connectivity index (χ1v) is 23.2. The zero-order valence-electron chi connectivity index (χ0n) is 35.8. The van der Waals surface area contributed by atoms with E-state index in [9.17, 15) is 35.4 Å². The second kappa shape index (κ2) is 36.7. The van der Waals surface area contributed by atoms with Crippen LogP contribution in [0, 0.1) is 0 Å². The van der Waals surface area contributed by atoms with Crippen LogP contribution in [0.15, 0.2) is 24.3 Å². The summed E-state index contributed by atoms with van der Waals surface area (Å²) in [5.41, 5.74) is 0. The van der Waals surface area contributed by atoms with Crippen molar-refractivity contribution < 1.29 is 44.9 Å². The predicted molar refractivity (Wildman–Crippen MR) is 227 cm³/mol. The number of carbonyl (C=O) groups is 1. The van der Waals surface area contributed by atoms with Crippen molar-refractivity contribution in [2.45, 2.75) is 249 Å². The second-order valence-electron chi connectivity index (χ2n) is 16.3. The number of nitrogens with one attached hydrogen (secondary N) is 1. The maximum absolute atomic E-state index is 13.0. The van der Waals surface area contributed by atoms with Crippen LogP contribution in [0.2, 0.25) is 0 Å². The van der Waals surface area contributed by atoms with Crippen molar-refractivity contribution in [2.24, 2.45) is 0 Å². The highest BCUT2D eigenvalue weighted by molar-refractivity contribution is 5.80. The van der Waals surface area contributed by atoms with Crippen LogP contribution in [0.5, 0.6) is 0 Å². The number of carbonyl (C=O) groups excluding carboxylic acids is 1. The number of rotatable bonds is 38. The molecule has 1 saturated heterocycles. The molecule has 1 fully saturated rings. The Bertz CT molecular complexity index is 948. The van der Waals surface area contributed by atoms with Crippen LogP contribution in [0.4, 0.5) is 0 Å². The van der Waals surface area contributed by atoms with Gasteiger partial charge in [0, 0.05) is 0 Å². The highest BCUT2D eigenvalue weighted by Gasteiger charge is 2.44. The van der Waals surface area contributed by atoms with Crippen LogP contribution < -0.4 is 5.32 Å². The van der Waals surface area contributed by atoms with Gasteiger partial charge in [0.2, 0.25) is 5.91 Å². The van der Waals surface area contributed by atoms with Gasteiger partial charge in [-0.15, -0.1) is 0 Å². The van der Waals surface area contributed by atoms with E-state index in [2.05, 4.69) is 31.3 Å². The summed E-state index contributed by atoms with van der Waals surface area (Å²) < 4.78 is 11.1. The third-order valence-electron chi connectivity index (χ3n) is 11.1. The van der Waals surface area contributed by atoms with E-state index >= 15 is 0 Å². The van der Waals surface area contributed by atoms with Gasteiger partial charge in [0.1, 0.15) is 30.5 Å².